The van der Waals surface area contributed by atoms with Gasteiger partial charge in [-0.25, -0.2) is 0 Å². The van der Waals surface area contributed by atoms with E-state index in [9.17, 15) is 4.79 Å². The molecule has 2 heterocycles. The van der Waals surface area contributed by atoms with Gasteiger partial charge in [-0.15, -0.1) is 0 Å². The van der Waals surface area contributed by atoms with Gasteiger partial charge >= 0.3 is 0 Å². The lowest BCUT2D eigenvalue weighted by molar-refractivity contribution is -0.117. The second-order valence-corrected chi connectivity index (χ2v) is 6.80. The Balaban J connectivity index is 1.57. The number of benzene rings is 2. The van der Waals surface area contributed by atoms with E-state index < -0.39 is 0 Å². The Morgan fingerprint density at radius 2 is 1.75 bits per heavy atom. The molecule has 4 rings (SSSR count). The number of aryl methyl sites for hydroxylation is 1. The van der Waals surface area contributed by atoms with E-state index in [1.807, 2.05) is 43.3 Å². The van der Waals surface area contributed by atoms with Crippen LogP contribution in [0.15, 0.2) is 47.0 Å². The van der Waals surface area contributed by atoms with Crippen LogP contribution in [0.2, 0.25) is 0 Å². The van der Waals surface area contributed by atoms with Crippen LogP contribution in [-0.2, 0) is 4.79 Å². The fraction of sp³-hybridized carbons (Fsp3) is 0.286. The molecule has 1 amide bonds. The molecule has 28 heavy (non-hydrogen) atoms. The van der Waals surface area contributed by atoms with Gasteiger partial charge in [0.05, 0.1) is 20.1 Å². The van der Waals surface area contributed by atoms with Crippen molar-refractivity contribution in [3.8, 4) is 22.9 Å². The van der Waals surface area contributed by atoms with Crippen molar-refractivity contribution in [2.75, 3.05) is 25.7 Å². The van der Waals surface area contributed by atoms with Crippen LogP contribution in [-0.4, -0.2) is 36.8 Å². The van der Waals surface area contributed by atoms with Crippen LogP contribution >= 0.6 is 0 Å². The maximum atomic E-state index is 12.5. The minimum atomic E-state index is -0.137. The molecule has 1 atom stereocenters. The lowest BCUT2D eigenvalue weighted by Crippen LogP contribution is -2.24. The molecule has 3 aromatic rings. The molecule has 0 N–H and O–H groups in total. The molecular formula is C21H21N3O4. The van der Waals surface area contributed by atoms with Gasteiger partial charge in [-0.2, -0.15) is 4.98 Å². The summed E-state index contributed by atoms with van der Waals surface area (Å²) in [5, 5.41) is 4.09. The number of hydrogen-bond acceptors (Lipinski definition) is 6. The highest BCUT2D eigenvalue weighted by molar-refractivity contribution is 5.96. The summed E-state index contributed by atoms with van der Waals surface area (Å²) >= 11 is 0. The van der Waals surface area contributed by atoms with E-state index in [0.717, 1.165) is 16.8 Å². The lowest BCUT2D eigenvalue weighted by atomic mass is 10.1. The van der Waals surface area contributed by atoms with Crippen LogP contribution in [0, 0.1) is 6.92 Å². The molecule has 7 heteroatoms. The predicted molar refractivity (Wildman–Crippen MR) is 104 cm³/mol. The monoisotopic (exact) mass is 379 g/mol. The number of ether oxygens (including phenoxy) is 2. The number of amides is 1. The number of hydrogen-bond donors (Lipinski definition) is 0. The fourth-order valence-corrected chi connectivity index (χ4v) is 3.30. The van der Waals surface area contributed by atoms with Gasteiger partial charge in [-0.05, 0) is 31.2 Å². The van der Waals surface area contributed by atoms with Crippen molar-refractivity contribution in [1.82, 2.24) is 10.1 Å². The third-order valence-corrected chi connectivity index (χ3v) is 4.87. The van der Waals surface area contributed by atoms with Gasteiger partial charge in [0.25, 0.3) is 0 Å². The quantitative estimate of drug-likeness (QED) is 0.674. The molecule has 1 fully saturated rings. The number of aromatic nitrogens is 2. The van der Waals surface area contributed by atoms with Gasteiger partial charge in [0, 0.05) is 30.3 Å². The zero-order chi connectivity index (χ0) is 19.7. The zero-order valence-electron chi connectivity index (χ0n) is 16.0. The Bertz CT molecular complexity index is 975. The summed E-state index contributed by atoms with van der Waals surface area (Å²) in [6.45, 7) is 2.54. The van der Waals surface area contributed by atoms with Gasteiger partial charge in [-0.3, -0.25) is 4.79 Å². The fourth-order valence-electron chi connectivity index (χ4n) is 3.30. The van der Waals surface area contributed by atoms with Crippen molar-refractivity contribution in [3.63, 3.8) is 0 Å². The van der Waals surface area contributed by atoms with E-state index >= 15 is 0 Å². The molecule has 1 aliphatic rings. The molecule has 0 radical (unpaired) electrons. The van der Waals surface area contributed by atoms with E-state index in [1.54, 1.807) is 25.2 Å². The summed E-state index contributed by atoms with van der Waals surface area (Å²) in [7, 11) is 3.17. The van der Waals surface area contributed by atoms with Crippen LogP contribution < -0.4 is 14.4 Å². The first-order chi connectivity index (χ1) is 13.6. The maximum Gasteiger partial charge on any atom is 0.232 e. The molecule has 1 unspecified atom stereocenters. The number of anilines is 1. The highest BCUT2D eigenvalue weighted by Gasteiger charge is 2.35. The molecular weight excluding hydrogens is 358 g/mol. The van der Waals surface area contributed by atoms with Gasteiger partial charge in [0.1, 0.15) is 11.5 Å². The third kappa shape index (κ3) is 3.43. The minimum Gasteiger partial charge on any atom is -0.497 e. The number of methoxy groups -OCH3 is 2. The smallest absolute Gasteiger partial charge is 0.232 e. The third-order valence-electron chi connectivity index (χ3n) is 4.87. The van der Waals surface area contributed by atoms with Crippen molar-refractivity contribution in [2.24, 2.45) is 0 Å². The SMILES string of the molecule is COc1cc(OC)cc(-c2noc(C3CC(=O)N(c4ccc(C)cc4)C3)n2)c1. The Hall–Kier alpha value is -3.35. The van der Waals surface area contributed by atoms with E-state index in [4.69, 9.17) is 14.0 Å². The van der Waals surface area contributed by atoms with Crippen molar-refractivity contribution in [2.45, 2.75) is 19.3 Å². The van der Waals surface area contributed by atoms with Gasteiger partial charge in [0.2, 0.25) is 17.6 Å². The molecule has 0 aliphatic carbocycles. The van der Waals surface area contributed by atoms with Gasteiger partial charge in [0.15, 0.2) is 0 Å². The molecule has 1 saturated heterocycles. The molecule has 0 saturated carbocycles. The summed E-state index contributed by atoms with van der Waals surface area (Å²) in [6.07, 6.45) is 0.344. The Kier molecular flexibility index (Phi) is 4.73. The Labute approximate surface area is 162 Å². The van der Waals surface area contributed by atoms with E-state index in [0.29, 0.717) is 36.2 Å². The largest absolute Gasteiger partial charge is 0.497 e. The van der Waals surface area contributed by atoms with Crippen LogP contribution in [0.1, 0.15) is 23.8 Å². The second kappa shape index (κ2) is 7.34. The highest BCUT2D eigenvalue weighted by atomic mass is 16.5. The van der Waals surface area contributed by atoms with Crippen molar-refractivity contribution < 1.29 is 18.8 Å². The van der Waals surface area contributed by atoms with E-state index in [1.165, 1.54) is 0 Å². The molecule has 144 valence electrons. The zero-order valence-corrected chi connectivity index (χ0v) is 16.0. The van der Waals surface area contributed by atoms with Crippen LogP contribution in [0.5, 0.6) is 11.5 Å². The van der Waals surface area contributed by atoms with Gasteiger partial charge in [-0.1, -0.05) is 22.9 Å². The predicted octanol–water partition coefficient (Wildman–Crippen LogP) is 3.58. The second-order valence-electron chi connectivity index (χ2n) is 6.80. The minimum absolute atomic E-state index is 0.0525. The summed E-state index contributed by atoms with van der Waals surface area (Å²) in [4.78, 5) is 18.8. The molecule has 1 aromatic heterocycles. The lowest BCUT2D eigenvalue weighted by Gasteiger charge is -2.16. The average molecular weight is 379 g/mol. The molecule has 2 aromatic carbocycles. The first-order valence-corrected chi connectivity index (χ1v) is 9.01. The molecule has 0 spiro atoms. The van der Waals surface area contributed by atoms with Gasteiger partial charge < -0.3 is 18.9 Å². The normalized spacial score (nSPS) is 16.5. The first-order valence-electron chi connectivity index (χ1n) is 9.01. The average Bonchev–Trinajstić information content (AvgIpc) is 3.35. The summed E-state index contributed by atoms with van der Waals surface area (Å²) in [5.41, 5.74) is 2.77. The number of carbonyl (C=O) groups excluding carboxylic acids is 1. The van der Waals surface area contributed by atoms with Crippen molar-refractivity contribution >= 4 is 11.6 Å². The maximum absolute atomic E-state index is 12.5. The Morgan fingerprint density at radius 3 is 2.39 bits per heavy atom. The first kappa shape index (κ1) is 18.0. The van der Waals surface area contributed by atoms with E-state index in [-0.39, 0.29) is 11.8 Å². The summed E-state index contributed by atoms with van der Waals surface area (Å²) in [6, 6.07) is 13.3. The van der Waals surface area contributed by atoms with Crippen molar-refractivity contribution in [1.29, 1.82) is 0 Å². The molecule has 0 bridgehead atoms. The standard InChI is InChI=1S/C21H21N3O4/c1-13-4-6-16(7-5-13)24-12-15(10-19(24)25)21-22-20(23-28-21)14-8-17(26-2)11-18(9-14)27-3/h4-9,11,15H,10,12H2,1-3H3. The number of carbonyl (C=O) groups is 1. The molecule has 1 aliphatic heterocycles. The Morgan fingerprint density at radius 1 is 1.07 bits per heavy atom. The van der Waals surface area contributed by atoms with E-state index in [2.05, 4.69) is 10.1 Å². The highest BCUT2D eigenvalue weighted by Crippen LogP contribution is 2.33. The van der Waals surface area contributed by atoms with Crippen LogP contribution in [0.25, 0.3) is 11.4 Å². The van der Waals surface area contributed by atoms with Crippen LogP contribution in [0.4, 0.5) is 5.69 Å². The van der Waals surface area contributed by atoms with Crippen molar-refractivity contribution in [3.05, 3.63) is 53.9 Å². The summed E-state index contributed by atoms with van der Waals surface area (Å²) < 4.78 is 16.1. The number of rotatable bonds is 5. The summed E-state index contributed by atoms with van der Waals surface area (Å²) in [5.74, 6) is 2.09. The number of nitrogens with zero attached hydrogens (tertiary/aromatic N) is 3. The topological polar surface area (TPSA) is 77.7 Å². The van der Waals surface area contributed by atoms with Crippen LogP contribution in [0.3, 0.4) is 0 Å². The molecule has 7 nitrogen and oxygen atoms in total.